The molecule has 228 valence electrons. The number of hydrogen-bond acceptors (Lipinski definition) is 6. The van der Waals surface area contributed by atoms with E-state index < -0.39 is 17.8 Å². The summed E-state index contributed by atoms with van der Waals surface area (Å²) in [6.07, 6.45) is -3.13. The number of anilines is 3. The first kappa shape index (κ1) is 30.8. The van der Waals surface area contributed by atoms with Crippen LogP contribution in [-0.4, -0.2) is 51.7 Å². The lowest BCUT2D eigenvalue weighted by Gasteiger charge is -2.24. The summed E-state index contributed by atoms with van der Waals surface area (Å²) < 4.78 is 40.7. The molecule has 4 aromatic rings. The third-order valence-electron chi connectivity index (χ3n) is 7.01. The van der Waals surface area contributed by atoms with Crippen LogP contribution in [0.1, 0.15) is 36.5 Å². The smallest absolute Gasteiger partial charge is 0.378 e. The van der Waals surface area contributed by atoms with Crippen LogP contribution in [0.25, 0.3) is 17.1 Å². The van der Waals surface area contributed by atoms with Crippen LogP contribution < -0.4 is 15.1 Å². The summed E-state index contributed by atoms with van der Waals surface area (Å²) in [6, 6.07) is 15.2. The van der Waals surface area contributed by atoms with Gasteiger partial charge in [0.15, 0.2) is 11.0 Å². The number of hydrogen-bond donors (Lipinski definition) is 1. The topological polar surface area (TPSA) is 95.7 Å². The van der Waals surface area contributed by atoms with E-state index >= 15 is 0 Å². The number of carbonyl (C=O) groups excluding carboxylic acids is 2. The van der Waals surface area contributed by atoms with E-state index in [9.17, 15) is 22.8 Å². The SMILES string of the molecule is Cc1cc(-c2ncn(-c3cccc(C(F)(F)F)c3)n2)ccc1NC(=O)N=C1SCC(=O)N1c1cc(N(C)C)ccc1C(C)C. The Balaban J connectivity index is 1.35. The zero-order valence-electron chi connectivity index (χ0n) is 24.7. The van der Waals surface area contributed by atoms with Crippen LogP contribution in [0.4, 0.5) is 35.0 Å². The van der Waals surface area contributed by atoms with Crippen molar-refractivity contribution >= 4 is 45.9 Å². The molecule has 0 saturated carbocycles. The third kappa shape index (κ3) is 6.47. The highest BCUT2D eigenvalue weighted by molar-refractivity contribution is 8.15. The van der Waals surface area contributed by atoms with E-state index in [2.05, 4.69) is 20.4 Å². The molecule has 0 radical (unpaired) electrons. The third-order valence-corrected chi connectivity index (χ3v) is 7.94. The maximum absolute atomic E-state index is 13.1. The molecule has 1 N–H and O–H groups in total. The average molecular weight is 622 g/mol. The van der Waals surface area contributed by atoms with Crippen molar-refractivity contribution in [1.29, 1.82) is 0 Å². The Kier molecular flexibility index (Phi) is 8.51. The van der Waals surface area contributed by atoms with Crippen molar-refractivity contribution in [2.45, 2.75) is 32.9 Å². The normalized spacial score (nSPS) is 14.5. The van der Waals surface area contributed by atoms with Gasteiger partial charge in [0.1, 0.15) is 6.33 Å². The highest BCUT2D eigenvalue weighted by Crippen LogP contribution is 2.36. The quantitative estimate of drug-likeness (QED) is 0.246. The van der Waals surface area contributed by atoms with E-state index in [1.165, 1.54) is 39.8 Å². The van der Waals surface area contributed by atoms with Crippen molar-refractivity contribution in [3.05, 3.63) is 83.7 Å². The first-order chi connectivity index (χ1) is 20.8. The summed E-state index contributed by atoms with van der Waals surface area (Å²) in [5, 5.41) is 7.42. The van der Waals surface area contributed by atoms with E-state index in [1.54, 1.807) is 25.1 Å². The van der Waals surface area contributed by atoms with Gasteiger partial charge in [-0.25, -0.2) is 14.5 Å². The molecule has 0 aliphatic carbocycles. The van der Waals surface area contributed by atoms with Crippen LogP contribution in [0.3, 0.4) is 0 Å². The lowest BCUT2D eigenvalue weighted by Crippen LogP contribution is -2.31. The van der Waals surface area contributed by atoms with E-state index in [0.717, 1.165) is 23.4 Å². The van der Waals surface area contributed by atoms with E-state index in [4.69, 9.17) is 0 Å². The number of halogens is 3. The predicted molar refractivity (Wildman–Crippen MR) is 168 cm³/mol. The largest absolute Gasteiger partial charge is 0.416 e. The number of nitrogens with zero attached hydrogens (tertiary/aromatic N) is 6. The van der Waals surface area contributed by atoms with Gasteiger partial charge in [0.25, 0.3) is 0 Å². The molecule has 9 nitrogen and oxygen atoms in total. The maximum atomic E-state index is 13.1. The molecule has 44 heavy (non-hydrogen) atoms. The first-order valence-corrected chi connectivity index (χ1v) is 14.7. The number of alkyl halides is 3. The second kappa shape index (κ2) is 12.2. The second-order valence-electron chi connectivity index (χ2n) is 10.7. The molecule has 2 heterocycles. The minimum Gasteiger partial charge on any atom is -0.378 e. The fraction of sp³-hybridized carbons (Fsp3) is 0.258. The number of aromatic nitrogens is 3. The van der Waals surface area contributed by atoms with Crippen molar-refractivity contribution < 1.29 is 22.8 Å². The van der Waals surface area contributed by atoms with Gasteiger partial charge >= 0.3 is 12.2 Å². The van der Waals surface area contributed by atoms with Crippen molar-refractivity contribution in [2.24, 2.45) is 4.99 Å². The Morgan fingerprint density at radius 2 is 1.86 bits per heavy atom. The molecule has 1 aromatic heterocycles. The molecule has 1 saturated heterocycles. The molecule has 13 heteroatoms. The Labute approximate surface area is 256 Å². The molecule has 1 fully saturated rings. The van der Waals surface area contributed by atoms with Gasteiger partial charge in [-0.1, -0.05) is 37.7 Å². The Morgan fingerprint density at radius 3 is 2.55 bits per heavy atom. The summed E-state index contributed by atoms with van der Waals surface area (Å²) >= 11 is 1.20. The van der Waals surface area contributed by atoms with Crippen molar-refractivity contribution in [1.82, 2.24) is 14.8 Å². The number of thioether (sulfide) groups is 1. The molecule has 3 amide bonds. The number of aliphatic imine (C=N–C) groups is 1. The van der Waals surface area contributed by atoms with Gasteiger partial charge in [0, 0.05) is 31.0 Å². The molecule has 0 atom stereocenters. The zero-order chi connectivity index (χ0) is 31.8. The maximum Gasteiger partial charge on any atom is 0.416 e. The van der Waals surface area contributed by atoms with Gasteiger partial charge in [-0.2, -0.15) is 18.2 Å². The summed E-state index contributed by atoms with van der Waals surface area (Å²) in [4.78, 5) is 38.0. The van der Waals surface area contributed by atoms with Gasteiger partial charge in [0.2, 0.25) is 5.91 Å². The van der Waals surface area contributed by atoms with Gasteiger partial charge < -0.3 is 10.2 Å². The molecule has 0 bridgehead atoms. The number of benzene rings is 3. The minimum absolute atomic E-state index is 0.141. The lowest BCUT2D eigenvalue weighted by atomic mass is 9.99. The average Bonchev–Trinajstić information content (AvgIpc) is 3.60. The predicted octanol–water partition coefficient (Wildman–Crippen LogP) is 7.12. The summed E-state index contributed by atoms with van der Waals surface area (Å²) in [5.74, 6) is 0.462. The molecule has 3 aromatic carbocycles. The fourth-order valence-corrected chi connectivity index (χ4v) is 5.55. The summed E-state index contributed by atoms with van der Waals surface area (Å²) in [6.45, 7) is 5.88. The van der Waals surface area contributed by atoms with Gasteiger partial charge in [-0.05, 0) is 72.5 Å². The number of aryl methyl sites for hydroxylation is 1. The Hall–Kier alpha value is -4.65. The number of carbonyl (C=O) groups is 2. The summed E-state index contributed by atoms with van der Waals surface area (Å²) in [5.41, 5.74) is 3.84. The van der Waals surface area contributed by atoms with E-state index in [-0.39, 0.29) is 23.3 Å². The number of rotatable bonds is 6. The van der Waals surface area contributed by atoms with Crippen LogP contribution in [0.5, 0.6) is 0 Å². The van der Waals surface area contributed by atoms with Crippen LogP contribution in [0.15, 0.2) is 72.0 Å². The van der Waals surface area contributed by atoms with Crippen molar-refractivity contribution in [2.75, 3.05) is 35.0 Å². The molecular formula is C31H30F3N7O2S. The molecular weight excluding hydrogens is 591 g/mol. The Morgan fingerprint density at radius 1 is 1.09 bits per heavy atom. The number of nitrogens with one attached hydrogen (secondary N) is 1. The van der Waals surface area contributed by atoms with E-state index in [1.807, 2.05) is 51.0 Å². The summed E-state index contributed by atoms with van der Waals surface area (Å²) in [7, 11) is 3.84. The number of urea groups is 1. The molecule has 1 aliphatic rings. The Bertz CT molecular complexity index is 1770. The number of amides is 3. The highest BCUT2D eigenvalue weighted by Gasteiger charge is 2.33. The van der Waals surface area contributed by atoms with Crippen molar-refractivity contribution in [3.63, 3.8) is 0 Å². The number of amidine groups is 1. The molecule has 1 aliphatic heterocycles. The van der Waals surface area contributed by atoms with Crippen LogP contribution in [0.2, 0.25) is 0 Å². The molecule has 0 unspecified atom stereocenters. The van der Waals surface area contributed by atoms with E-state index in [0.29, 0.717) is 33.5 Å². The monoisotopic (exact) mass is 621 g/mol. The standard InChI is InChI=1S/C31H30F3N7O2S/c1-18(2)24-11-10-22(39(4)5)15-26(24)41-27(42)16-44-30(41)37-29(43)36-25-12-9-20(13-19(25)3)28-35-17-40(38-28)23-8-6-7-21(14-23)31(32,33)34/h6-15,17-18H,16H2,1-5H3,(H,36,43). The molecule has 0 spiro atoms. The van der Waals surface area contributed by atoms with Gasteiger partial charge in [-0.15, -0.1) is 5.10 Å². The minimum atomic E-state index is -4.47. The lowest BCUT2D eigenvalue weighted by molar-refractivity contribution is -0.137. The van der Waals surface area contributed by atoms with Gasteiger partial charge in [0.05, 0.1) is 22.7 Å². The second-order valence-corrected chi connectivity index (χ2v) is 11.7. The van der Waals surface area contributed by atoms with Crippen LogP contribution >= 0.6 is 11.8 Å². The molecule has 5 rings (SSSR count). The highest BCUT2D eigenvalue weighted by atomic mass is 32.2. The van der Waals surface area contributed by atoms with Crippen molar-refractivity contribution in [3.8, 4) is 17.1 Å². The fourth-order valence-electron chi connectivity index (χ4n) is 4.69. The van der Waals surface area contributed by atoms with Crippen LogP contribution in [0, 0.1) is 6.92 Å². The van der Waals surface area contributed by atoms with Crippen LogP contribution in [-0.2, 0) is 11.0 Å². The van der Waals surface area contributed by atoms with Gasteiger partial charge in [-0.3, -0.25) is 9.69 Å². The first-order valence-electron chi connectivity index (χ1n) is 13.7. The zero-order valence-corrected chi connectivity index (χ0v) is 25.5.